The van der Waals surface area contributed by atoms with Gasteiger partial charge in [0, 0.05) is 10.8 Å². The van der Waals surface area contributed by atoms with Crippen molar-refractivity contribution >= 4 is 44.7 Å². The molecule has 5 heteroatoms. The molecule has 0 radical (unpaired) electrons. The van der Waals surface area contributed by atoms with Crippen LogP contribution >= 0.6 is 11.3 Å². The molecule has 5 aromatic rings. The Labute approximate surface area is 188 Å². The average Bonchev–Trinajstić information content (AvgIpc) is 3.32. The van der Waals surface area contributed by atoms with Crippen molar-refractivity contribution < 1.29 is 4.42 Å². The molecular weight excluding hydrogens is 416 g/mol. The van der Waals surface area contributed by atoms with E-state index in [0.29, 0.717) is 27.4 Å². The molecule has 0 fully saturated rings. The summed E-state index contributed by atoms with van der Waals surface area (Å²) < 4.78 is 5.60. The lowest BCUT2D eigenvalue weighted by Gasteiger charge is -2.04. The SMILES string of the molecule is CCc1ccc(/C=C(/C#N)c2nc(-c3cc4c(ccc5ccccc54)oc3=O)cs2)cc1. The van der Waals surface area contributed by atoms with Gasteiger partial charge in [-0.05, 0) is 46.5 Å². The molecule has 32 heavy (non-hydrogen) atoms. The van der Waals surface area contributed by atoms with Crippen molar-refractivity contribution in [2.24, 2.45) is 0 Å². The molecule has 0 bridgehead atoms. The zero-order valence-corrected chi connectivity index (χ0v) is 18.1. The van der Waals surface area contributed by atoms with Gasteiger partial charge >= 0.3 is 5.63 Å². The maximum atomic E-state index is 12.7. The van der Waals surface area contributed by atoms with Crippen LogP contribution in [-0.2, 0) is 6.42 Å². The highest BCUT2D eigenvalue weighted by Crippen LogP contribution is 2.30. The van der Waals surface area contributed by atoms with Crippen molar-refractivity contribution in [1.82, 2.24) is 4.98 Å². The molecule has 0 aliphatic rings. The Bertz CT molecular complexity index is 1580. The van der Waals surface area contributed by atoms with Crippen molar-refractivity contribution in [3.05, 3.63) is 98.7 Å². The first-order valence-corrected chi connectivity index (χ1v) is 11.2. The number of nitrogens with zero attached hydrogens (tertiary/aromatic N) is 2. The van der Waals surface area contributed by atoms with Gasteiger partial charge in [-0.2, -0.15) is 5.26 Å². The Hall–Kier alpha value is -4.01. The molecule has 3 aromatic carbocycles. The molecule has 0 amide bonds. The first-order chi connectivity index (χ1) is 15.7. The number of aryl methyl sites for hydroxylation is 1. The van der Waals surface area contributed by atoms with Gasteiger partial charge in [-0.15, -0.1) is 11.3 Å². The molecule has 0 spiro atoms. The summed E-state index contributed by atoms with van der Waals surface area (Å²) in [5.41, 5.74) is 3.64. The molecule has 0 unspecified atom stereocenters. The number of nitriles is 1. The van der Waals surface area contributed by atoms with E-state index in [1.807, 2.05) is 60.7 Å². The highest BCUT2D eigenvalue weighted by atomic mass is 32.1. The summed E-state index contributed by atoms with van der Waals surface area (Å²) in [5, 5.41) is 15.0. The van der Waals surface area contributed by atoms with E-state index in [2.05, 4.69) is 30.1 Å². The minimum atomic E-state index is -0.442. The van der Waals surface area contributed by atoms with Gasteiger partial charge in [-0.3, -0.25) is 0 Å². The number of fused-ring (bicyclic) bond motifs is 3. The molecule has 0 saturated heterocycles. The number of thiazole rings is 1. The average molecular weight is 435 g/mol. The molecule has 5 rings (SSSR count). The number of allylic oxidation sites excluding steroid dienone is 1. The second kappa shape index (κ2) is 8.26. The van der Waals surface area contributed by atoms with Crippen molar-refractivity contribution in [3.8, 4) is 17.3 Å². The number of hydrogen-bond acceptors (Lipinski definition) is 5. The maximum Gasteiger partial charge on any atom is 0.345 e. The summed E-state index contributed by atoms with van der Waals surface area (Å²) >= 11 is 1.34. The third-order valence-corrected chi connectivity index (χ3v) is 6.35. The Morgan fingerprint density at radius 1 is 1.09 bits per heavy atom. The second-order valence-electron chi connectivity index (χ2n) is 7.45. The van der Waals surface area contributed by atoms with Crippen LogP contribution in [0.2, 0.25) is 0 Å². The van der Waals surface area contributed by atoms with E-state index < -0.39 is 5.63 Å². The fourth-order valence-corrected chi connectivity index (χ4v) is 4.51. The zero-order chi connectivity index (χ0) is 22.1. The van der Waals surface area contributed by atoms with Gasteiger partial charge in [0.2, 0.25) is 0 Å². The van der Waals surface area contributed by atoms with Gasteiger partial charge in [-0.1, -0.05) is 61.5 Å². The van der Waals surface area contributed by atoms with Crippen LogP contribution in [0.25, 0.3) is 44.6 Å². The van der Waals surface area contributed by atoms with E-state index in [1.165, 1.54) is 16.9 Å². The smallest absolute Gasteiger partial charge is 0.345 e. The van der Waals surface area contributed by atoms with Crippen LogP contribution in [0.5, 0.6) is 0 Å². The molecule has 0 N–H and O–H groups in total. The van der Waals surface area contributed by atoms with E-state index in [-0.39, 0.29) is 0 Å². The van der Waals surface area contributed by atoms with Gasteiger partial charge in [0.05, 0.1) is 16.8 Å². The molecule has 0 aliphatic carbocycles. The van der Waals surface area contributed by atoms with Crippen LogP contribution in [0.3, 0.4) is 0 Å². The van der Waals surface area contributed by atoms with Gasteiger partial charge in [0.1, 0.15) is 16.7 Å². The number of hydrogen-bond donors (Lipinski definition) is 0. The number of benzene rings is 3. The monoisotopic (exact) mass is 434 g/mol. The van der Waals surface area contributed by atoms with Crippen LogP contribution in [0.4, 0.5) is 0 Å². The largest absolute Gasteiger partial charge is 0.422 e. The van der Waals surface area contributed by atoms with E-state index in [1.54, 1.807) is 5.38 Å². The van der Waals surface area contributed by atoms with E-state index >= 15 is 0 Å². The van der Waals surface area contributed by atoms with Crippen LogP contribution in [0.15, 0.2) is 81.3 Å². The van der Waals surface area contributed by atoms with Crippen molar-refractivity contribution in [2.45, 2.75) is 13.3 Å². The highest BCUT2D eigenvalue weighted by Gasteiger charge is 2.15. The lowest BCUT2D eigenvalue weighted by Crippen LogP contribution is -2.03. The normalized spacial score (nSPS) is 11.7. The first kappa shape index (κ1) is 19.9. The fourth-order valence-electron chi connectivity index (χ4n) is 3.73. The summed E-state index contributed by atoms with van der Waals surface area (Å²) in [6.07, 6.45) is 2.78. The minimum absolute atomic E-state index is 0.390. The molecule has 0 atom stereocenters. The van der Waals surface area contributed by atoms with Crippen molar-refractivity contribution in [3.63, 3.8) is 0 Å². The second-order valence-corrected chi connectivity index (χ2v) is 8.31. The number of aromatic nitrogens is 1. The van der Waals surface area contributed by atoms with Crippen molar-refractivity contribution in [2.75, 3.05) is 0 Å². The summed E-state index contributed by atoms with van der Waals surface area (Å²) in [6, 6.07) is 23.9. The van der Waals surface area contributed by atoms with E-state index in [0.717, 1.165) is 28.1 Å². The predicted octanol–water partition coefficient (Wildman–Crippen LogP) is 6.70. The lowest BCUT2D eigenvalue weighted by atomic mass is 10.0. The first-order valence-electron chi connectivity index (χ1n) is 10.3. The molecule has 154 valence electrons. The minimum Gasteiger partial charge on any atom is -0.422 e. The van der Waals surface area contributed by atoms with Gasteiger partial charge < -0.3 is 4.42 Å². The van der Waals surface area contributed by atoms with Gasteiger partial charge in [0.25, 0.3) is 0 Å². The zero-order valence-electron chi connectivity index (χ0n) is 17.3. The summed E-state index contributed by atoms with van der Waals surface area (Å²) in [4.78, 5) is 17.3. The Morgan fingerprint density at radius 3 is 2.69 bits per heavy atom. The standard InChI is InChI=1S/C27H18N2O2S/c1-2-17-7-9-18(10-8-17)13-20(15-28)26-29-24(16-32-26)23-14-22-21-6-4-3-5-19(21)11-12-25(22)31-27(23)30/h3-14,16H,2H2,1H3/b20-13-. The molecule has 0 saturated carbocycles. The third-order valence-electron chi connectivity index (χ3n) is 5.47. The molecule has 4 nitrogen and oxygen atoms in total. The van der Waals surface area contributed by atoms with E-state index in [9.17, 15) is 10.1 Å². The van der Waals surface area contributed by atoms with Crippen LogP contribution in [0.1, 0.15) is 23.1 Å². The molecular formula is C27H18N2O2S. The van der Waals surface area contributed by atoms with Gasteiger partial charge in [0.15, 0.2) is 0 Å². The highest BCUT2D eigenvalue weighted by molar-refractivity contribution is 7.11. The summed E-state index contributed by atoms with van der Waals surface area (Å²) in [5.74, 6) is 0. The maximum absolute atomic E-state index is 12.7. The Balaban J connectivity index is 1.58. The van der Waals surface area contributed by atoms with Crippen LogP contribution in [-0.4, -0.2) is 4.98 Å². The molecule has 2 heterocycles. The molecule has 2 aromatic heterocycles. The predicted molar refractivity (Wildman–Crippen MR) is 130 cm³/mol. The van der Waals surface area contributed by atoms with Crippen molar-refractivity contribution in [1.29, 1.82) is 5.26 Å². The third kappa shape index (κ3) is 3.62. The number of rotatable bonds is 4. The summed E-state index contributed by atoms with van der Waals surface area (Å²) in [6.45, 7) is 2.11. The quantitative estimate of drug-likeness (QED) is 0.179. The Kier molecular flexibility index (Phi) is 5.14. The molecule has 0 aliphatic heterocycles. The topological polar surface area (TPSA) is 66.9 Å². The van der Waals surface area contributed by atoms with Gasteiger partial charge in [-0.25, -0.2) is 9.78 Å². The van der Waals surface area contributed by atoms with Crippen LogP contribution < -0.4 is 5.63 Å². The van der Waals surface area contributed by atoms with Crippen LogP contribution in [0, 0.1) is 11.3 Å². The lowest BCUT2D eigenvalue weighted by molar-refractivity contribution is 0.563. The van der Waals surface area contributed by atoms with E-state index in [4.69, 9.17) is 4.42 Å². The Morgan fingerprint density at radius 2 is 1.91 bits per heavy atom. The summed E-state index contributed by atoms with van der Waals surface area (Å²) in [7, 11) is 0. The fraction of sp³-hybridized carbons (Fsp3) is 0.0741.